The summed E-state index contributed by atoms with van der Waals surface area (Å²) in [6.45, 7) is 14.5. The fourth-order valence-electron chi connectivity index (χ4n) is 6.96. The minimum atomic E-state index is -0.323. The van der Waals surface area contributed by atoms with Crippen LogP contribution in [0.4, 0.5) is 21.9 Å². The second-order valence-electron chi connectivity index (χ2n) is 13.0. The van der Waals surface area contributed by atoms with Crippen molar-refractivity contribution in [2.24, 2.45) is 0 Å². The minimum absolute atomic E-state index is 0.161. The summed E-state index contributed by atoms with van der Waals surface area (Å²) in [6, 6.07) is 20.5. The topological polar surface area (TPSA) is 98.1 Å². The van der Waals surface area contributed by atoms with Crippen LogP contribution in [0.1, 0.15) is 82.9 Å². The highest BCUT2D eigenvalue weighted by Crippen LogP contribution is 2.45. The molecule has 1 aliphatic heterocycles. The van der Waals surface area contributed by atoms with Crippen molar-refractivity contribution in [2.75, 3.05) is 49.9 Å². The lowest BCUT2D eigenvalue weighted by Crippen LogP contribution is -2.56. The van der Waals surface area contributed by atoms with Crippen molar-refractivity contribution in [3.05, 3.63) is 77.4 Å². The number of carbonyl (C=O) groups is 1. The van der Waals surface area contributed by atoms with Crippen molar-refractivity contribution in [3.63, 3.8) is 0 Å². The van der Waals surface area contributed by atoms with E-state index in [2.05, 4.69) is 81.3 Å². The molecule has 0 saturated carbocycles. The molecule has 0 aliphatic carbocycles. The zero-order valence-corrected chi connectivity index (χ0v) is 28.3. The molecule has 1 saturated heterocycles. The van der Waals surface area contributed by atoms with Gasteiger partial charge in [-0.2, -0.15) is 0 Å². The molecule has 3 aromatic rings. The number of nitrogens with one attached hydrogen (secondary N) is 2. The van der Waals surface area contributed by atoms with Gasteiger partial charge in [-0.15, -0.1) is 0 Å². The SMILES string of the molecule is COCCOc1ccccc1N1C(C)CC(CNC(=O)Nc2c(C(C)C)cc(N)cc2C(C)C)(c2cccc(OC)c2)CC1C. The van der Waals surface area contributed by atoms with Gasteiger partial charge in [-0.3, -0.25) is 0 Å². The number of carbonyl (C=O) groups excluding carboxylic acids is 1. The molecule has 0 aromatic heterocycles. The first kappa shape index (κ1) is 34.0. The smallest absolute Gasteiger partial charge is 0.319 e. The fraction of sp³-hybridized carbons (Fsp3) is 0.486. The van der Waals surface area contributed by atoms with Crippen LogP contribution in [0.3, 0.4) is 0 Å². The molecular formula is C37H52N4O4. The molecule has 1 aliphatic rings. The number of nitrogen functional groups attached to an aromatic ring is 1. The summed E-state index contributed by atoms with van der Waals surface area (Å²) >= 11 is 0. The number of benzene rings is 3. The van der Waals surface area contributed by atoms with Crippen LogP contribution in [-0.2, 0) is 10.2 Å². The molecule has 0 radical (unpaired) electrons. The van der Waals surface area contributed by atoms with Crippen LogP contribution in [0.2, 0.25) is 0 Å². The average Bonchev–Trinajstić information content (AvgIpc) is 3.01. The maximum Gasteiger partial charge on any atom is 0.319 e. The van der Waals surface area contributed by atoms with Gasteiger partial charge in [-0.05, 0) is 91.6 Å². The summed E-state index contributed by atoms with van der Waals surface area (Å²) in [7, 11) is 3.37. The predicted molar refractivity (Wildman–Crippen MR) is 185 cm³/mol. The van der Waals surface area contributed by atoms with Gasteiger partial charge >= 0.3 is 6.03 Å². The van der Waals surface area contributed by atoms with Crippen molar-refractivity contribution >= 4 is 23.1 Å². The van der Waals surface area contributed by atoms with Gasteiger partial charge in [0.25, 0.3) is 0 Å². The summed E-state index contributed by atoms with van der Waals surface area (Å²) in [5, 5.41) is 6.51. The van der Waals surface area contributed by atoms with E-state index in [4.69, 9.17) is 19.9 Å². The molecule has 2 unspecified atom stereocenters. The number of nitrogens with zero attached hydrogens (tertiary/aromatic N) is 1. The summed E-state index contributed by atoms with van der Waals surface area (Å²) in [6.07, 6.45) is 1.65. The van der Waals surface area contributed by atoms with Gasteiger partial charge in [0.1, 0.15) is 18.1 Å². The molecule has 0 spiro atoms. The molecule has 8 heteroatoms. The molecule has 3 aromatic carbocycles. The van der Waals surface area contributed by atoms with Crippen molar-refractivity contribution in [1.82, 2.24) is 5.32 Å². The molecule has 2 atom stereocenters. The number of methoxy groups -OCH3 is 2. The minimum Gasteiger partial charge on any atom is -0.497 e. The Morgan fingerprint density at radius 1 is 0.933 bits per heavy atom. The Hall–Kier alpha value is -3.91. The molecule has 1 heterocycles. The second kappa shape index (κ2) is 14.9. The predicted octanol–water partition coefficient (Wildman–Crippen LogP) is 7.69. The number of amides is 2. The molecule has 1 fully saturated rings. The average molecular weight is 617 g/mol. The first-order valence-electron chi connectivity index (χ1n) is 16.1. The highest BCUT2D eigenvalue weighted by molar-refractivity contribution is 5.92. The van der Waals surface area contributed by atoms with Gasteiger partial charge in [-0.25, -0.2) is 4.79 Å². The Kier molecular flexibility index (Phi) is 11.3. The van der Waals surface area contributed by atoms with E-state index in [9.17, 15) is 4.79 Å². The van der Waals surface area contributed by atoms with E-state index >= 15 is 0 Å². The summed E-state index contributed by atoms with van der Waals surface area (Å²) in [5.41, 5.74) is 11.8. The Bertz CT molecular complexity index is 1400. The molecule has 244 valence electrons. The number of hydrogen-bond donors (Lipinski definition) is 3. The highest BCUT2D eigenvalue weighted by atomic mass is 16.5. The van der Waals surface area contributed by atoms with Gasteiger partial charge in [-0.1, -0.05) is 52.0 Å². The Morgan fingerprint density at radius 2 is 1.58 bits per heavy atom. The summed E-state index contributed by atoms with van der Waals surface area (Å²) in [4.78, 5) is 16.1. The van der Waals surface area contributed by atoms with Gasteiger partial charge in [0.05, 0.1) is 19.4 Å². The lowest BCUT2D eigenvalue weighted by atomic mass is 9.68. The largest absolute Gasteiger partial charge is 0.497 e. The molecule has 0 bridgehead atoms. The lowest BCUT2D eigenvalue weighted by molar-refractivity contribution is 0.146. The van der Waals surface area contributed by atoms with E-state index in [-0.39, 0.29) is 35.4 Å². The van der Waals surface area contributed by atoms with Crippen LogP contribution >= 0.6 is 0 Å². The number of hydrogen-bond acceptors (Lipinski definition) is 6. The monoisotopic (exact) mass is 616 g/mol. The first-order chi connectivity index (χ1) is 21.5. The van der Waals surface area contributed by atoms with Gasteiger partial charge in [0.2, 0.25) is 0 Å². The maximum atomic E-state index is 13.7. The third kappa shape index (κ3) is 7.85. The third-order valence-electron chi connectivity index (χ3n) is 8.98. The molecule has 45 heavy (non-hydrogen) atoms. The highest BCUT2D eigenvalue weighted by Gasteiger charge is 2.44. The van der Waals surface area contributed by atoms with Crippen molar-refractivity contribution in [1.29, 1.82) is 0 Å². The standard InChI is InChI=1S/C37H52N4O4/c1-24(2)31-19-29(38)20-32(25(3)4)35(31)40-36(42)39-23-37(28-12-11-13-30(18-28)44-8)21-26(5)41(27(6)22-37)33-14-9-10-15-34(33)45-17-16-43-7/h9-15,18-20,24-27H,16-17,21-23,38H2,1-8H3,(H2,39,40,42). The van der Waals surface area contributed by atoms with Crippen molar-refractivity contribution in [2.45, 2.75) is 83.7 Å². The number of anilines is 3. The van der Waals surface area contributed by atoms with E-state index in [0.29, 0.717) is 25.4 Å². The van der Waals surface area contributed by atoms with E-state index in [1.165, 1.54) is 0 Å². The van der Waals surface area contributed by atoms with Gasteiger partial charge < -0.3 is 35.5 Å². The zero-order chi connectivity index (χ0) is 32.7. The number of para-hydroxylation sites is 2. The molecular weight excluding hydrogens is 564 g/mol. The second-order valence-corrected chi connectivity index (χ2v) is 13.0. The van der Waals surface area contributed by atoms with Gasteiger partial charge in [0.15, 0.2) is 0 Å². The number of piperidine rings is 1. The summed E-state index contributed by atoms with van der Waals surface area (Å²) < 4.78 is 17.0. The Morgan fingerprint density at radius 3 is 2.18 bits per heavy atom. The van der Waals surface area contributed by atoms with E-state index in [1.54, 1.807) is 14.2 Å². The first-order valence-corrected chi connectivity index (χ1v) is 16.1. The number of nitrogens with two attached hydrogens (primary N) is 1. The Balaban J connectivity index is 1.64. The molecule has 4 N–H and O–H groups in total. The van der Waals surface area contributed by atoms with Crippen LogP contribution in [0, 0.1) is 0 Å². The maximum absolute atomic E-state index is 13.7. The van der Waals surface area contributed by atoms with Crippen LogP contribution in [0.5, 0.6) is 11.5 Å². The van der Waals surface area contributed by atoms with Crippen LogP contribution in [0.15, 0.2) is 60.7 Å². The summed E-state index contributed by atoms with van der Waals surface area (Å²) in [5.74, 6) is 2.07. The number of urea groups is 1. The van der Waals surface area contributed by atoms with Crippen LogP contribution < -0.4 is 30.7 Å². The van der Waals surface area contributed by atoms with E-state index in [1.807, 2.05) is 36.4 Å². The zero-order valence-electron chi connectivity index (χ0n) is 28.3. The van der Waals surface area contributed by atoms with Crippen LogP contribution in [0.25, 0.3) is 0 Å². The van der Waals surface area contributed by atoms with Gasteiger partial charge in [0, 0.05) is 42.5 Å². The number of ether oxygens (including phenoxy) is 3. The quantitative estimate of drug-likeness (QED) is 0.143. The van der Waals surface area contributed by atoms with E-state index in [0.717, 1.165) is 52.4 Å². The molecule has 8 nitrogen and oxygen atoms in total. The molecule has 2 amide bonds. The third-order valence-corrected chi connectivity index (χ3v) is 8.98. The molecule has 4 rings (SSSR count). The van der Waals surface area contributed by atoms with Crippen molar-refractivity contribution in [3.8, 4) is 11.5 Å². The van der Waals surface area contributed by atoms with Crippen LogP contribution in [-0.4, -0.2) is 52.1 Å². The Labute approximate surface area is 269 Å². The lowest BCUT2D eigenvalue weighted by Gasteiger charge is -2.51. The van der Waals surface area contributed by atoms with Crippen molar-refractivity contribution < 1.29 is 19.0 Å². The fourth-order valence-corrected chi connectivity index (χ4v) is 6.96. The number of rotatable bonds is 12. The van der Waals surface area contributed by atoms with E-state index < -0.39 is 0 Å². The normalized spacial score (nSPS) is 19.9.